The van der Waals surface area contributed by atoms with Crippen LogP contribution in [0.1, 0.15) is 11.1 Å². The standard InChI is InChI=1S/C17H21N3O2S.C2HF3O2/c1-22-9-8-19-6-7-20(12-15-3-2-5-18-17(15)19)16(21)11-14-4-10-23-13-14;3-2(4,5)1(6)7/h2-5,10,13H,6-9,11-12H2,1H3;(H,6,7). The third-order valence-electron chi connectivity index (χ3n) is 4.26. The Morgan fingerprint density at radius 2 is 2.03 bits per heavy atom. The molecule has 0 bridgehead atoms. The van der Waals surface area contributed by atoms with Gasteiger partial charge in [-0.1, -0.05) is 6.07 Å². The summed E-state index contributed by atoms with van der Waals surface area (Å²) in [6, 6.07) is 6.00. The van der Waals surface area contributed by atoms with Crippen LogP contribution in [0.2, 0.25) is 0 Å². The third-order valence-corrected chi connectivity index (χ3v) is 5.00. The highest BCUT2D eigenvalue weighted by Crippen LogP contribution is 2.23. The van der Waals surface area contributed by atoms with E-state index in [-0.39, 0.29) is 5.91 Å². The average Bonchev–Trinajstić information content (AvgIpc) is 3.12. The Labute approximate surface area is 175 Å². The topological polar surface area (TPSA) is 83.0 Å². The van der Waals surface area contributed by atoms with Crippen LogP contribution in [0.4, 0.5) is 19.0 Å². The monoisotopic (exact) mass is 445 g/mol. The van der Waals surface area contributed by atoms with Crippen molar-refractivity contribution in [3.63, 3.8) is 0 Å². The summed E-state index contributed by atoms with van der Waals surface area (Å²) in [6.07, 6.45) is -2.81. The van der Waals surface area contributed by atoms with Gasteiger partial charge in [0.05, 0.1) is 13.0 Å². The third kappa shape index (κ3) is 6.99. The maximum absolute atomic E-state index is 12.6. The number of hydrogen-bond acceptors (Lipinski definition) is 6. The maximum atomic E-state index is 12.6. The van der Waals surface area contributed by atoms with Gasteiger partial charge in [-0.15, -0.1) is 0 Å². The van der Waals surface area contributed by atoms with E-state index in [4.69, 9.17) is 14.6 Å². The molecule has 0 saturated heterocycles. The predicted molar refractivity (Wildman–Crippen MR) is 105 cm³/mol. The molecule has 3 rings (SSSR count). The molecule has 11 heteroatoms. The molecule has 1 aliphatic rings. The second-order valence-corrected chi connectivity index (χ2v) is 7.17. The molecule has 1 aliphatic heterocycles. The number of alkyl halides is 3. The summed E-state index contributed by atoms with van der Waals surface area (Å²) >= 11 is 1.63. The summed E-state index contributed by atoms with van der Waals surface area (Å²) < 4.78 is 36.9. The first-order valence-corrected chi connectivity index (χ1v) is 9.93. The van der Waals surface area contributed by atoms with Crippen molar-refractivity contribution < 1.29 is 32.6 Å². The number of carboxylic acid groups (broad SMARTS) is 1. The molecule has 7 nitrogen and oxygen atoms in total. The number of ether oxygens (including phenoxy) is 1. The molecule has 0 fully saturated rings. The summed E-state index contributed by atoms with van der Waals surface area (Å²) in [4.78, 5) is 30.2. The van der Waals surface area contributed by atoms with Crippen molar-refractivity contribution in [2.45, 2.75) is 19.1 Å². The molecule has 0 saturated carbocycles. The number of carboxylic acids is 1. The number of hydrogen-bond donors (Lipinski definition) is 1. The molecule has 0 unspecified atom stereocenters. The number of aromatic nitrogens is 1. The molecule has 164 valence electrons. The van der Waals surface area contributed by atoms with Crippen molar-refractivity contribution in [3.8, 4) is 0 Å². The molecule has 2 aromatic heterocycles. The molecule has 0 atom stereocenters. The molecule has 30 heavy (non-hydrogen) atoms. The zero-order chi connectivity index (χ0) is 22.1. The molecule has 0 spiro atoms. The Kier molecular flexibility index (Phi) is 8.60. The zero-order valence-electron chi connectivity index (χ0n) is 16.3. The van der Waals surface area contributed by atoms with Gasteiger partial charge in [0.15, 0.2) is 0 Å². The zero-order valence-corrected chi connectivity index (χ0v) is 17.1. The summed E-state index contributed by atoms with van der Waals surface area (Å²) in [5.41, 5.74) is 2.19. The van der Waals surface area contributed by atoms with Crippen LogP contribution < -0.4 is 4.90 Å². The predicted octanol–water partition coefficient (Wildman–Crippen LogP) is 2.81. The summed E-state index contributed by atoms with van der Waals surface area (Å²) in [5, 5.41) is 11.2. The van der Waals surface area contributed by atoms with Gasteiger partial charge in [-0.25, -0.2) is 9.78 Å². The number of nitrogens with zero attached hydrogens (tertiary/aromatic N) is 3. The minimum atomic E-state index is -5.08. The average molecular weight is 445 g/mol. The first kappa shape index (κ1) is 23.6. The second kappa shape index (κ2) is 10.9. The molecule has 3 heterocycles. The first-order valence-electron chi connectivity index (χ1n) is 8.99. The van der Waals surface area contributed by atoms with E-state index in [2.05, 4.69) is 16.0 Å². The summed E-state index contributed by atoms with van der Waals surface area (Å²) in [5.74, 6) is -1.62. The van der Waals surface area contributed by atoms with Crippen molar-refractivity contribution in [1.82, 2.24) is 9.88 Å². The van der Waals surface area contributed by atoms with Crippen LogP contribution in [-0.2, 0) is 27.3 Å². The minimum absolute atomic E-state index is 0.173. The van der Waals surface area contributed by atoms with Crippen LogP contribution in [0, 0.1) is 0 Å². The lowest BCUT2D eigenvalue weighted by Gasteiger charge is -2.23. The van der Waals surface area contributed by atoms with Crippen LogP contribution in [0.25, 0.3) is 0 Å². The Morgan fingerprint density at radius 1 is 1.30 bits per heavy atom. The highest BCUT2D eigenvalue weighted by Gasteiger charge is 2.38. The number of anilines is 1. The van der Waals surface area contributed by atoms with Gasteiger partial charge in [-0.05, 0) is 28.5 Å². The smallest absolute Gasteiger partial charge is 0.475 e. The van der Waals surface area contributed by atoms with Crippen LogP contribution in [-0.4, -0.2) is 66.4 Å². The van der Waals surface area contributed by atoms with Crippen molar-refractivity contribution in [2.75, 3.05) is 38.3 Å². The van der Waals surface area contributed by atoms with Crippen LogP contribution >= 0.6 is 11.3 Å². The van der Waals surface area contributed by atoms with E-state index in [9.17, 15) is 18.0 Å². The molecule has 2 aromatic rings. The van der Waals surface area contributed by atoms with Crippen molar-refractivity contribution in [1.29, 1.82) is 0 Å². The summed E-state index contributed by atoms with van der Waals surface area (Å²) in [6.45, 7) is 3.55. The van der Waals surface area contributed by atoms with Gasteiger partial charge in [0, 0.05) is 45.0 Å². The number of halogens is 3. The normalized spacial score (nSPS) is 13.7. The Bertz CT molecular complexity index is 831. The lowest BCUT2D eigenvalue weighted by atomic mass is 10.2. The number of amides is 1. The van der Waals surface area contributed by atoms with E-state index < -0.39 is 12.1 Å². The Balaban J connectivity index is 0.000000396. The number of pyridine rings is 1. The minimum Gasteiger partial charge on any atom is -0.475 e. The van der Waals surface area contributed by atoms with Crippen molar-refractivity contribution in [2.24, 2.45) is 0 Å². The number of thiophene rings is 1. The number of aliphatic carboxylic acids is 1. The van der Waals surface area contributed by atoms with Gasteiger partial charge in [0.2, 0.25) is 5.91 Å². The van der Waals surface area contributed by atoms with E-state index in [1.165, 1.54) is 0 Å². The van der Waals surface area contributed by atoms with Crippen LogP contribution in [0.5, 0.6) is 0 Å². The molecule has 1 N–H and O–H groups in total. The van der Waals surface area contributed by atoms with Gasteiger partial charge in [0.1, 0.15) is 5.82 Å². The maximum Gasteiger partial charge on any atom is 0.490 e. The highest BCUT2D eigenvalue weighted by atomic mass is 32.1. The Morgan fingerprint density at radius 3 is 2.63 bits per heavy atom. The van der Waals surface area contributed by atoms with E-state index in [1.54, 1.807) is 18.4 Å². The van der Waals surface area contributed by atoms with Gasteiger partial charge in [-0.3, -0.25) is 4.79 Å². The SMILES string of the molecule is COCCN1CCN(C(=O)Cc2ccsc2)Cc2cccnc21.O=C(O)C(F)(F)F. The Hall–Kier alpha value is -2.66. The fraction of sp³-hybridized carbons (Fsp3) is 0.421. The molecular formula is C19H22F3N3O4S. The number of rotatable bonds is 5. The quantitative estimate of drug-likeness (QED) is 0.762. The van der Waals surface area contributed by atoms with E-state index >= 15 is 0 Å². The number of carbonyl (C=O) groups is 2. The fourth-order valence-electron chi connectivity index (χ4n) is 2.78. The van der Waals surface area contributed by atoms with Crippen LogP contribution in [0.15, 0.2) is 35.2 Å². The number of fused-ring (bicyclic) bond motifs is 1. The second-order valence-electron chi connectivity index (χ2n) is 6.39. The molecule has 0 aliphatic carbocycles. The van der Waals surface area contributed by atoms with Gasteiger partial charge >= 0.3 is 12.1 Å². The molecule has 0 radical (unpaired) electrons. The van der Waals surface area contributed by atoms with Crippen molar-refractivity contribution >= 4 is 29.0 Å². The van der Waals surface area contributed by atoms with E-state index in [1.807, 2.05) is 34.0 Å². The molecular weight excluding hydrogens is 423 g/mol. The largest absolute Gasteiger partial charge is 0.490 e. The number of carbonyl (C=O) groups excluding carboxylic acids is 1. The molecule has 1 amide bonds. The van der Waals surface area contributed by atoms with E-state index in [0.29, 0.717) is 26.1 Å². The van der Waals surface area contributed by atoms with E-state index in [0.717, 1.165) is 30.0 Å². The fourth-order valence-corrected chi connectivity index (χ4v) is 3.45. The lowest BCUT2D eigenvalue weighted by Crippen LogP contribution is -2.37. The van der Waals surface area contributed by atoms with Gasteiger partial charge in [0.25, 0.3) is 0 Å². The van der Waals surface area contributed by atoms with Crippen molar-refractivity contribution in [3.05, 3.63) is 46.3 Å². The van der Waals surface area contributed by atoms with Crippen LogP contribution in [0.3, 0.4) is 0 Å². The molecule has 0 aromatic carbocycles. The van der Waals surface area contributed by atoms with Gasteiger partial charge < -0.3 is 19.6 Å². The van der Waals surface area contributed by atoms with Gasteiger partial charge in [-0.2, -0.15) is 24.5 Å². The first-order chi connectivity index (χ1) is 14.2. The lowest BCUT2D eigenvalue weighted by molar-refractivity contribution is -0.192. The highest BCUT2D eigenvalue weighted by molar-refractivity contribution is 7.08. The summed E-state index contributed by atoms with van der Waals surface area (Å²) in [7, 11) is 1.70. The number of methoxy groups -OCH3 is 1.